The molecular weight excluding hydrogens is 363 g/mol. The van der Waals surface area contributed by atoms with Crippen LogP contribution in [0.4, 0.5) is 10.1 Å². The van der Waals surface area contributed by atoms with Gasteiger partial charge in [-0.1, -0.05) is 11.6 Å². The molecule has 0 fully saturated rings. The van der Waals surface area contributed by atoms with E-state index in [0.717, 1.165) is 16.4 Å². The summed E-state index contributed by atoms with van der Waals surface area (Å²) in [4.78, 5) is 0. The SMILES string of the molecule is CN(CCCO)S(=O)(=O)Nc1c(Cl)cc(F)cc1Br. The predicted octanol–water partition coefficient (Wildman–Crippen LogP) is 2.21. The summed E-state index contributed by atoms with van der Waals surface area (Å²) >= 11 is 8.84. The summed E-state index contributed by atoms with van der Waals surface area (Å²) in [6, 6.07) is 2.12. The van der Waals surface area contributed by atoms with Crippen molar-refractivity contribution in [3.05, 3.63) is 27.4 Å². The van der Waals surface area contributed by atoms with Crippen LogP contribution in [0.2, 0.25) is 5.02 Å². The Balaban J connectivity index is 2.96. The normalized spacial score (nSPS) is 11.9. The summed E-state index contributed by atoms with van der Waals surface area (Å²) in [6.45, 7) is 0.0448. The molecule has 0 spiro atoms. The van der Waals surface area contributed by atoms with E-state index in [1.165, 1.54) is 7.05 Å². The summed E-state index contributed by atoms with van der Waals surface area (Å²) < 4.78 is 40.5. The van der Waals surface area contributed by atoms with Gasteiger partial charge in [0.1, 0.15) is 5.82 Å². The first-order chi connectivity index (χ1) is 8.77. The molecule has 0 radical (unpaired) electrons. The maximum atomic E-state index is 13.0. The van der Waals surface area contributed by atoms with Gasteiger partial charge in [0.2, 0.25) is 0 Å². The van der Waals surface area contributed by atoms with E-state index in [-0.39, 0.29) is 28.3 Å². The van der Waals surface area contributed by atoms with Gasteiger partial charge in [0.25, 0.3) is 0 Å². The van der Waals surface area contributed by atoms with Gasteiger partial charge in [-0.15, -0.1) is 0 Å². The number of rotatable bonds is 6. The quantitative estimate of drug-likeness (QED) is 0.801. The molecule has 1 aromatic carbocycles. The van der Waals surface area contributed by atoms with Gasteiger partial charge in [0.15, 0.2) is 0 Å². The van der Waals surface area contributed by atoms with E-state index in [1.54, 1.807) is 0 Å². The highest BCUT2D eigenvalue weighted by Crippen LogP contribution is 2.32. The summed E-state index contributed by atoms with van der Waals surface area (Å²) in [5, 5.41) is 8.63. The van der Waals surface area contributed by atoms with Gasteiger partial charge in [-0.25, -0.2) is 4.39 Å². The van der Waals surface area contributed by atoms with E-state index >= 15 is 0 Å². The molecule has 0 aromatic heterocycles. The molecule has 0 heterocycles. The lowest BCUT2D eigenvalue weighted by atomic mass is 10.3. The minimum atomic E-state index is -3.81. The van der Waals surface area contributed by atoms with Crippen LogP contribution in [0.3, 0.4) is 0 Å². The van der Waals surface area contributed by atoms with E-state index in [1.807, 2.05) is 0 Å². The lowest BCUT2D eigenvalue weighted by Crippen LogP contribution is -2.33. The second-order valence-corrected chi connectivity index (χ2v) is 6.79. The second-order valence-electron chi connectivity index (χ2n) is 3.75. The third-order valence-corrected chi connectivity index (χ3v) is 4.67. The fourth-order valence-electron chi connectivity index (χ4n) is 1.26. The summed E-state index contributed by atoms with van der Waals surface area (Å²) in [7, 11) is -2.44. The number of anilines is 1. The van der Waals surface area contributed by atoms with Crippen LogP contribution in [-0.4, -0.2) is 38.0 Å². The van der Waals surface area contributed by atoms with Crippen molar-refractivity contribution in [3.63, 3.8) is 0 Å². The largest absolute Gasteiger partial charge is 0.396 e. The zero-order chi connectivity index (χ0) is 14.6. The van der Waals surface area contributed by atoms with Crippen molar-refractivity contribution in [1.29, 1.82) is 0 Å². The number of halogens is 3. The summed E-state index contributed by atoms with van der Waals surface area (Å²) in [5.74, 6) is -0.576. The zero-order valence-corrected chi connectivity index (χ0v) is 13.2. The number of benzene rings is 1. The minimum absolute atomic E-state index is 0.0500. The molecule has 0 atom stereocenters. The number of aliphatic hydroxyl groups is 1. The van der Waals surface area contributed by atoms with Gasteiger partial charge in [0.05, 0.1) is 10.7 Å². The second kappa shape index (κ2) is 6.85. The highest BCUT2D eigenvalue weighted by Gasteiger charge is 2.20. The molecule has 0 aliphatic heterocycles. The van der Waals surface area contributed by atoms with Crippen LogP contribution in [0.25, 0.3) is 0 Å². The van der Waals surface area contributed by atoms with Crippen molar-refractivity contribution in [3.8, 4) is 0 Å². The van der Waals surface area contributed by atoms with Crippen molar-refractivity contribution in [2.24, 2.45) is 0 Å². The Morgan fingerprint density at radius 2 is 2.16 bits per heavy atom. The van der Waals surface area contributed by atoms with Crippen molar-refractivity contribution in [2.75, 3.05) is 24.9 Å². The molecule has 9 heteroatoms. The molecular formula is C10H13BrClFN2O3S. The molecule has 0 aliphatic rings. The first-order valence-corrected chi connectivity index (χ1v) is 7.88. The molecule has 0 unspecified atom stereocenters. The molecule has 0 saturated carbocycles. The lowest BCUT2D eigenvalue weighted by Gasteiger charge is -2.19. The van der Waals surface area contributed by atoms with Crippen LogP contribution in [-0.2, 0) is 10.2 Å². The van der Waals surface area contributed by atoms with Crippen molar-refractivity contribution in [1.82, 2.24) is 4.31 Å². The van der Waals surface area contributed by atoms with Gasteiger partial charge >= 0.3 is 10.2 Å². The average molecular weight is 376 g/mol. The number of nitrogens with zero attached hydrogens (tertiary/aromatic N) is 1. The first kappa shape index (κ1) is 16.6. The van der Waals surface area contributed by atoms with Gasteiger partial charge in [-0.2, -0.15) is 12.7 Å². The lowest BCUT2D eigenvalue weighted by molar-refractivity contribution is 0.276. The number of hydrogen-bond acceptors (Lipinski definition) is 3. The van der Waals surface area contributed by atoms with E-state index in [4.69, 9.17) is 16.7 Å². The number of hydrogen-bond donors (Lipinski definition) is 2. The smallest absolute Gasteiger partial charge is 0.301 e. The Hall–Kier alpha value is -0.410. The third kappa shape index (κ3) is 4.57. The van der Waals surface area contributed by atoms with E-state index < -0.39 is 16.0 Å². The monoisotopic (exact) mass is 374 g/mol. The van der Waals surface area contributed by atoms with Crippen LogP contribution in [0.1, 0.15) is 6.42 Å². The van der Waals surface area contributed by atoms with Crippen molar-refractivity contribution >= 4 is 43.4 Å². The van der Waals surface area contributed by atoms with E-state index in [9.17, 15) is 12.8 Å². The topological polar surface area (TPSA) is 69.6 Å². The fraction of sp³-hybridized carbons (Fsp3) is 0.400. The van der Waals surface area contributed by atoms with Crippen molar-refractivity contribution in [2.45, 2.75) is 6.42 Å². The molecule has 2 N–H and O–H groups in total. The minimum Gasteiger partial charge on any atom is -0.396 e. The van der Waals surface area contributed by atoms with Gasteiger partial charge in [-0.3, -0.25) is 4.72 Å². The van der Waals surface area contributed by atoms with Gasteiger partial charge in [0, 0.05) is 24.7 Å². The van der Waals surface area contributed by atoms with Gasteiger partial charge in [-0.05, 0) is 34.5 Å². The molecule has 108 valence electrons. The Labute approximate surface area is 124 Å². The Morgan fingerprint density at radius 3 is 2.68 bits per heavy atom. The van der Waals surface area contributed by atoms with E-state index in [2.05, 4.69) is 20.7 Å². The van der Waals surface area contributed by atoms with Crippen LogP contribution in [0.15, 0.2) is 16.6 Å². The average Bonchev–Trinajstić information content (AvgIpc) is 2.30. The number of nitrogens with one attached hydrogen (secondary N) is 1. The molecule has 0 aliphatic carbocycles. The highest BCUT2D eigenvalue weighted by atomic mass is 79.9. The molecule has 1 aromatic rings. The molecule has 5 nitrogen and oxygen atoms in total. The van der Waals surface area contributed by atoms with Crippen molar-refractivity contribution < 1.29 is 17.9 Å². The van der Waals surface area contributed by atoms with Crippen LogP contribution in [0.5, 0.6) is 0 Å². The third-order valence-electron chi connectivity index (χ3n) is 2.28. The maximum Gasteiger partial charge on any atom is 0.301 e. The Kier molecular flexibility index (Phi) is 6.00. The van der Waals surface area contributed by atoms with Crippen LogP contribution in [0, 0.1) is 5.82 Å². The standard InChI is InChI=1S/C10H13BrClFN2O3S/c1-15(3-2-4-16)19(17,18)14-10-8(11)5-7(13)6-9(10)12/h5-6,14,16H,2-4H2,1H3. The summed E-state index contributed by atoms with van der Waals surface area (Å²) in [6.07, 6.45) is 0.315. The molecule has 0 bridgehead atoms. The zero-order valence-electron chi connectivity index (χ0n) is 10.0. The van der Waals surface area contributed by atoms with Crippen LogP contribution < -0.4 is 4.72 Å². The molecule has 0 amide bonds. The highest BCUT2D eigenvalue weighted by molar-refractivity contribution is 9.10. The Morgan fingerprint density at radius 1 is 1.53 bits per heavy atom. The molecule has 19 heavy (non-hydrogen) atoms. The first-order valence-electron chi connectivity index (χ1n) is 5.27. The predicted molar refractivity (Wildman–Crippen MR) is 76.0 cm³/mol. The summed E-state index contributed by atoms with van der Waals surface area (Å²) in [5.41, 5.74) is 0.0684. The maximum absolute atomic E-state index is 13.0. The fourth-order valence-corrected chi connectivity index (χ4v) is 3.35. The number of aliphatic hydroxyl groups excluding tert-OH is 1. The van der Waals surface area contributed by atoms with E-state index in [0.29, 0.717) is 6.42 Å². The molecule has 0 saturated heterocycles. The van der Waals surface area contributed by atoms with Crippen LogP contribution >= 0.6 is 27.5 Å². The molecule has 1 rings (SSSR count). The van der Waals surface area contributed by atoms with Gasteiger partial charge < -0.3 is 5.11 Å². The Bertz CT molecular complexity index is 533.